The van der Waals surface area contributed by atoms with Crippen LogP contribution in [0.5, 0.6) is 0 Å². The van der Waals surface area contributed by atoms with Crippen molar-refractivity contribution in [2.75, 3.05) is 17.7 Å². The molecule has 0 saturated heterocycles. The van der Waals surface area contributed by atoms with Crippen molar-refractivity contribution in [3.05, 3.63) is 58.1 Å². The highest BCUT2D eigenvalue weighted by atomic mass is 79.9. The second kappa shape index (κ2) is 6.54. The van der Waals surface area contributed by atoms with Crippen LogP contribution in [0, 0.1) is 0 Å². The molecule has 0 fully saturated rings. The molecule has 2 aromatic rings. The predicted molar refractivity (Wildman–Crippen MR) is 83.7 cm³/mol. The monoisotopic (exact) mass is 334 g/mol. The molecule has 0 saturated carbocycles. The zero-order valence-electron chi connectivity index (χ0n) is 10.8. The first-order valence-electron chi connectivity index (χ1n) is 6.16. The first-order chi connectivity index (χ1) is 9.60. The molecular formula is C15H15BrN2O2. The second-order valence-corrected chi connectivity index (χ2v) is 5.22. The molecule has 0 aliphatic rings. The van der Waals surface area contributed by atoms with Crippen LogP contribution in [-0.2, 0) is 6.42 Å². The second-order valence-electron chi connectivity index (χ2n) is 4.36. The maximum atomic E-state index is 12.2. The topological polar surface area (TPSA) is 75.4 Å². The fraction of sp³-hybridized carbons (Fsp3) is 0.133. The van der Waals surface area contributed by atoms with Gasteiger partial charge in [0, 0.05) is 22.5 Å². The summed E-state index contributed by atoms with van der Waals surface area (Å²) in [6, 6.07) is 12.5. The Morgan fingerprint density at radius 3 is 2.55 bits per heavy atom. The van der Waals surface area contributed by atoms with Crippen molar-refractivity contribution in [2.24, 2.45) is 0 Å². The fourth-order valence-corrected chi connectivity index (χ4v) is 2.23. The quantitative estimate of drug-likeness (QED) is 0.752. The zero-order chi connectivity index (χ0) is 14.5. The summed E-state index contributed by atoms with van der Waals surface area (Å²) in [4.78, 5) is 12.2. The lowest BCUT2D eigenvalue weighted by molar-refractivity contribution is 0.102. The molecule has 2 rings (SSSR count). The Bertz CT molecular complexity index is 612. The maximum absolute atomic E-state index is 12.2. The Hall–Kier alpha value is -1.85. The predicted octanol–water partition coefficient (Wildman–Crippen LogP) is 2.82. The van der Waals surface area contributed by atoms with E-state index in [1.165, 1.54) is 0 Å². The van der Waals surface area contributed by atoms with Crippen LogP contribution in [-0.4, -0.2) is 17.6 Å². The molecule has 0 heterocycles. The molecule has 5 heteroatoms. The molecule has 2 aromatic carbocycles. The van der Waals surface area contributed by atoms with Gasteiger partial charge in [-0.15, -0.1) is 0 Å². The van der Waals surface area contributed by atoms with Crippen molar-refractivity contribution in [1.82, 2.24) is 0 Å². The average Bonchev–Trinajstić information content (AvgIpc) is 2.44. The highest BCUT2D eigenvalue weighted by molar-refractivity contribution is 9.10. The van der Waals surface area contributed by atoms with Crippen molar-refractivity contribution in [3.8, 4) is 0 Å². The zero-order valence-corrected chi connectivity index (χ0v) is 12.4. The number of nitrogen functional groups attached to an aromatic ring is 1. The number of aliphatic hydroxyl groups is 1. The molecular weight excluding hydrogens is 320 g/mol. The Morgan fingerprint density at radius 1 is 1.20 bits per heavy atom. The van der Waals surface area contributed by atoms with E-state index in [-0.39, 0.29) is 12.5 Å². The number of hydrogen-bond donors (Lipinski definition) is 3. The van der Waals surface area contributed by atoms with E-state index in [1.807, 2.05) is 24.3 Å². The van der Waals surface area contributed by atoms with E-state index in [0.717, 1.165) is 5.56 Å². The number of amides is 1. The number of nitrogens with one attached hydrogen (secondary N) is 1. The highest BCUT2D eigenvalue weighted by Gasteiger charge is 2.10. The Morgan fingerprint density at radius 2 is 1.90 bits per heavy atom. The summed E-state index contributed by atoms with van der Waals surface area (Å²) >= 11 is 3.33. The van der Waals surface area contributed by atoms with Crippen molar-refractivity contribution < 1.29 is 9.90 Å². The van der Waals surface area contributed by atoms with Gasteiger partial charge in [-0.2, -0.15) is 0 Å². The molecule has 0 aromatic heterocycles. The van der Waals surface area contributed by atoms with Gasteiger partial charge in [0.05, 0.1) is 5.56 Å². The standard InChI is InChI=1S/C15H15BrN2O2/c16-14-6-3-11(17)9-13(14)15(20)18-12-4-1-10(2-5-12)7-8-19/h1-6,9,19H,7-8,17H2,(H,18,20). The van der Waals surface area contributed by atoms with Crippen LogP contribution < -0.4 is 11.1 Å². The first-order valence-corrected chi connectivity index (χ1v) is 6.95. The molecule has 0 unspecified atom stereocenters. The molecule has 0 spiro atoms. The summed E-state index contributed by atoms with van der Waals surface area (Å²) in [5.41, 5.74) is 8.44. The minimum Gasteiger partial charge on any atom is -0.399 e. The maximum Gasteiger partial charge on any atom is 0.256 e. The van der Waals surface area contributed by atoms with Crippen LogP contribution in [0.2, 0.25) is 0 Å². The number of benzene rings is 2. The molecule has 0 radical (unpaired) electrons. The lowest BCUT2D eigenvalue weighted by atomic mass is 10.1. The van der Waals surface area contributed by atoms with E-state index in [0.29, 0.717) is 27.8 Å². The summed E-state index contributed by atoms with van der Waals surface area (Å²) in [6.45, 7) is 0.113. The number of rotatable bonds is 4. The normalized spacial score (nSPS) is 10.3. The third kappa shape index (κ3) is 3.59. The van der Waals surface area contributed by atoms with E-state index in [9.17, 15) is 4.79 Å². The lowest BCUT2D eigenvalue weighted by Crippen LogP contribution is -2.13. The summed E-state index contributed by atoms with van der Waals surface area (Å²) in [5, 5.41) is 11.7. The minimum atomic E-state index is -0.223. The van der Waals surface area contributed by atoms with Gasteiger partial charge >= 0.3 is 0 Å². The number of halogens is 1. The molecule has 0 bridgehead atoms. The van der Waals surface area contributed by atoms with E-state index in [4.69, 9.17) is 10.8 Å². The fourth-order valence-electron chi connectivity index (χ4n) is 1.80. The van der Waals surface area contributed by atoms with Crippen molar-refractivity contribution >= 4 is 33.2 Å². The smallest absolute Gasteiger partial charge is 0.256 e. The van der Waals surface area contributed by atoms with Crippen molar-refractivity contribution in [2.45, 2.75) is 6.42 Å². The average molecular weight is 335 g/mol. The highest BCUT2D eigenvalue weighted by Crippen LogP contribution is 2.21. The van der Waals surface area contributed by atoms with Crippen LogP contribution >= 0.6 is 15.9 Å². The SMILES string of the molecule is Nc1ccc(Br)c(C(=O)Nc2ccc(CCO)cc2)c1. The number of carbonyl (C=O) groups excluding carboxylic acids is 1. The third-order valence-electron chi connectivity index (χ3n) is 2.85. The van der Waals surface area contributed by atoms with Gasteiger partial charge in [-0.25, -0.2) is 0 Å². The van der Waals surface area contributed by atoms with E-state index < -0.39 is 0 Å². The van der Waals surface area contributed by atoms with E-state index in [2.05, 4.69) is 21.2 Å². The number of anilines is 2. The summed E-state index contributed by atoms with van der Waals surface area (Å²) in [6.07, 6.45) is 0.606. The summed E-state index contributed by atoms with van der Waals surface area (Å²) in [7, 11) is 0. The number of nitrogens with two attached hydrogens (primary N) is 1. The van der Waals surface area contributed by atoms with Gasteiger partial charge in [-0.1, -0.05) is 12.1 Å². The van der Waals surface area contributed by atoms with Gasteiger partial charge in [0.1, 0.15) is 0 Å². The lowest BCUT2D eigenvalue weighted by Gasteiger charge is -2.08. The molecule has 4 N–H and O–H groups in total. The molecule has 0 aliphatic carbocycles. The van der Waals surface area contributed by atoms with Gasteiger partial charge in [0.15, 0.2) is 0 Å². The van der Waals surface area contributed by atoms with Crippen LogP contribution in [0.1, 0.15) is 15.9 Å². The van der Waals surface area contributed by atoms with Crippen molar-refractivity contribution in [3.63, 3.8) is 0 Å². The molecule has 0 aliphatic heterocycles. The number of carbonyl (C=O) groups is 1. The van der Waals surface area contributed by atoms with Gasteiger partial charge in [0.2, 0.25) is 0 Å². The van der Waals surface area contributed by atoms with E-state index >= 15 is 0 Å². The Kier molecular flexibility index (Phi) is 4.76. The van der Waals surface area contributed by atoms with Crippen LogP contribution in [0.25, 0.3) is 0 Å². The Labute approximate surface area is 125 Å². The van der Waals surface area contributed by atoms with Gasteiger partial charge in [-0.3, -0.25) is 4.79 Å². The number of hydrogen-bond acceptors (Lipinski definition) is 3. The van der Waals surface area contributed by atoms with Crippen LogP contribution in [0.4, 0.5) is 11.4 Å². The van der Waals surface area contributed by atoms with E-state index in [1.54, 1.807) is 18.2 Å². The van der Waals surface area contributed by atoms with Crippen LogP contribution in [0.15, 0.2) is 46.9 Å². The van der Waals surface area contributed by atoms with Crippen molar-refractivity contribution in [1.29, 1.82) is 0 Å². The van der Waals surface area contributed by atoms with Gasteiger partial charge in [-0.05, 0) is 58.2 Å². The molecule has 0 atom stereocenters. The molecule has 104 valence electrons. The largest absolute Gasteiger partial charge is 0.399 e. The summed E-state index contributed by atoms with van der Waals surface area (Å²) in [5.74, 6) is -0.223. The molecule has 20 heavy (non-hydrogen) atoms. The minimum absolute atomic E-state index is 0.113. The molecule has 4 nitrogen and oxygen atoms in total. The van der Waals surface area contributed by atoms with Gasteiger partial charge < -0.3 is 16.2 Å². The van der Waals surface area contributed by atoms with Gasteiger partial charge in [0.25, 0.3) is 5.91 Å². The first kappa shape index (κ1) is 14.6. The molecule has 1 amide bonds. The van der Waals surface area contributed by atoms with Crippen LogP contribution in [0.3, 0.4) is 0 Å². The third-order valence-corrected chi connectivity index (χ3v) is 3.54. The number of aliphatic hydroxyl groups excluding tert-OH is 1. The summed E-state index contributed by atoms with van der Waals surface area (Å²) < 4.78 is 0.695. The Balaban J connectivity index is 2.13.